The molecule has 1 heterocycles. The van der Waals surface area contributed by atoms with Crippen molar-refractivity contribution in [2.75, 3.05) is 36.4 Å². The zero-order valence-corrected chi connectivity index (χ0v) is 20.6. The molecule has 2 amide bonds. The lowest BCUT2D eigenvalue weighted by atomic mass is 10.1. The van der Waals surface area contributed by atoms with E-state index in [4.69, 9.17) is 4.74 Å². The Morgan fingerprint density at radius 3 is 2.35 bits per heavy atom. The first-order chi connectivity index (χ1) is 14.3. The molecule has 8 nitrogen and oxygen atoms in total. The van der Waals surface area contributed by atoms with Crippen LogP contribution in [0.4, 0.5) is 16.2 Å². The summed E-state index contributed by atoms with van der Waals surface area (Å²) in [4.78, 5) is 14.6. The van der Waals surface area contributed by atoms with Crippen molar-refractivity contribution in [3.63, 3.8) is 0 Å². The van der Waals surface area contributed by atoms with Crippen LogP contribution in [0.1, 0.15) is 47.1 Å². The largest absolute Gasteiger partial charge is 0.372 e. The number of ether oxygens (including phenoxy) is 1. The molecular weight excluding hydrogens is 416 g/mol. The maximum absolute atomic E-state index is 12.3. The Hall–Kier alpha value is -1.84. The Bertz CT molecular complexity index is 857. The Balaban J connectivity index is 1.85. The number of nitrogens with zero attached hydrogens (tertiary/aromatic N) is 1. The number of hydrogen-bond donors (Lipinski definition) is 3. The summed E-state index contributed by atoms with van der Waals surface area (Å²) in [6.45, 7) is 15.3. The van der Waals surface area contributed by atoms with Crippen LogP contribution in [0.25, 0.3) is 0 Å². The Kier molecular flexibility index (Phi) is 8.35. The number of amides is 2. The van der Waals surface area contributed by atoms with Crippen molar-refractivity contribution in [1.29, 1.82) is 0 Å². The fourth-order valence-electron chi connectivity index (χ4n) is 3.35. The van der Waals surface area contributed by atoms with Gasteiger partial charge in [0.1, 0.15) is 0 Å². The highest BCUT2D eigenvalue weighted by Crippen LogP contribution is 2.25. The van der Waals surface area contributed by atoms with Crippen LogP contribution in [0.15, 0.2) is 18.2 Å². The zero-order chi connectivity index (χ0) is 23.4. The minimum atomic E-state index is -3.40. The third-order valence-electron chi connectivity index (χ3n) is 5.28. The van der Waals surface area contributed by atoms with Crippen LogP contribution in [0.3, 0.4) is 0 Å². The van der Waals surface area contributed by atoms with E-state index in [-0.39, 0.29) is 30.7 Å². The van der Waals surface area contributed by atoms with Crippen LogP contribution >= 0.6 is 0 Å². The fourth-order valence-corrected chi connectivity index (χ4v) is 4.28. The van der Waals surface area contributed by atoms with Gasteiger partial charge in [0.15, 0.2) is 0 Å². The molecule has 0 bridgehead atoms. The molecule has 1 aromatic rings. The molecule has 31 heavy (non-hydrogen) atoms. The van der Waals surface area contributed by atoms with Crippen LogP contribution in [-0.4, -0.2) is 57.6 Å². The van der Waals surface area contributed by atoms with Crippen molar-refractivity contribution >= 4 is 27.4 Å². The first-order valence-corrected chi connectivity index (χ1v) is 12.3. The number of benzene rings is 1. The number of hydrogen-bond acceptors (Lipinski definition) is 5. The average molecular weight is 455 g/mol. The van der Waals surface area contributed by atoms with Crippen LogP contribution in [-0.2, 0) is 14.8 Å². The number of anilines is 2. The highest BCUT2D eigenvalue weighted by Gasteiger charge is 2.28. The third kappa shape index (κ3) is 7.36. The van der Waals surface area contributed by atoms with E-state index < -0.39 is 14.8 Å². The number of morpholine rings is 1. The average Bonchev–Trinajstić information content (AvgIpc) is 2.64. The van der Waals surface area contributed by atoms with Gasteiger partial charge in [-0.2, -0.15) is 0 Å². The summed E-state index contributed by atoms with van der Waals surface area (Å²) in [5.74, 6) is -0.0448. The number of urea groups is 1. The molecule has 1 saturated heterocycles. The molecule has 1 fully saturated rings. The highest BCUT2D eigenvalue weighted by atomic mass is 32.2. The molecule has 176 valence electrons. The van der Waals surface area contributed by atoms with E-state index in [1.807, 2.05) is 26.0 Å². The van der Waals surface area contributed by atoms with E-state index in [1.165, 1.54) is 0 Å². The number of rotatable bonds is 7. The molecular formula is C22H38N4O4S. The first kappa shape index (κ1) is 25.4. The van der Waals surface area contributed by atoms with Crippen molar-refractivity contribution in [2.24, 2.45) is 5.92 Å². The molecule has 0 spiro atoms. The number of carbonyl (C=O) groups excluding carboxylic acids is 1. The summed E-state index contributed by atoms with van der Waals surface area (Å²) in [6.07, 6.45) is 0.366. The predicted octanol–water partition coefficient (Wildman–Crippen LogP) is 3.08. The standard InChI is InChI=1S/C22H38N4O4S/c1-15(12-24-31(28,29)22(5,6)7)11-23-21(27)25-20-9-8-19(10-16(20)2)26-13-17(3)30-18(4)14-26/h8-10,15,17-18,24H,11-14H2,1-7H3,(H2,23,25,27). The van der Waals surface area contributed by atoms with E-state index in [9.17, 15) is 13.2 Å². The van der Waals surface area contributed by atoms with Gasteiger partial charge in [-0.3, -0.25) is 0 Å². The predicted molar refractivity (Wildman–Crippen MR) is 126 cm³/mol. The Morgan fingerprint density at radius 2 is 1.81 bits per heavy atom. The summed E-state index contributed by atoms with van der Waals surface area (Å²) in [5.41, 5.74) is 2.84. The van der Waals surface area contributed by atoms with Gasteiger partial charge in [-0.05, 0) is 71.2 Å². The topological polar surface area (TPSA) is 99.8 Å². The molecule has 2 rings (SSSR count). The van der Waals surface area contributed by atoms with Crippen molar-refractivity contribution in [1.82, 2.24) is 10.0 Å². The second kappa shape index (κ2) is 10.2. The highest BCUT2D eigenvalue weighted by molar-refractivity contribution is 7.90. The van der Waals surface area contributed by atoms with Gasteiger partial charge in [-0.25, -0.2) is 17.9 Å². The van der Waals surface area contributed by atoms with Crippen molar-refractivity contribution in [3.8, 4) is 0 Å². The summed E-state index contributed by atoms with van der Waals surface area (Å²) in [7, 11) is -3.40. The number of aryl methyl sites for hydroxylation is 1. The number of nitrogens with one attached hydrogen (secondary N) is 3. The molecule has 1 aromatic carbocycles. The van der Waals surface area contributed by atoms with Crippen LogP contribution in [0.2, 0.25) is 0 Å². The molecule has 0 aliphatic carbocycles. The van der Waals surface area contributed by atoms with E-state index in [2.05, 4.69) is 40.2 Å². The zero-order valence-electron chi connectivity index (χ0n) is 19.8. The molecule has 3 unspecified atom stereocenters. The molecule has 0 saturated carbocycles. The number of sulfonamides is 1. The fraction of sp³-hybridized carbons (Fsp3) is 0.682. The second-order valence-electron chi connectivity index (χ2n) is 9.57. The van der Waals surface area contributed by atoms with Gasteiger partial charge in [0.25, 0.3) is 0 Å². The van der Waals surface area contributed by atoms with E-state index >= 15 is 0 Å². The lowest BCUT2D eigenvalue weighted by Gasteiger charge is -2.37. The van der Waals surface area contributed by atoms with E-state index in [0.717, 1.165) is 30.0 Å². The minimum Gasteiger partial charge on any atom is -0.372 e. The van der Waals surface area contributed by atoms with Crippen molar-refractivity contribution in [3.05, 3.63) is 23.8 Å². The van der Waals surface area contributed by atoms with E-state index in [1.54, 1.807) is 20.8 Å². The van der Waals surface area contributed by atoms with Gasteiger partial charge in [-0.1, -0.05) is 6.92 Å². The maximum atomic E-state index is 12.3. The van der Waals surface area contributed by atoms with Crippen LogP contribution in [0, 0.1) is 12.8 Å². The van der Waals surface area contributed by atoms with Crippen LogP contribution in [0.5, 0.6) is 0 Å². The number of carbonyl (C=O) groups is 1. The Labute approximate surface area is 187 Å². The summed E-state index contributed by atoms with van der Waals surface area (Å²) >= 11 is 0. The summed E-state index contributed by atoms with van der Waals surface area (Å²) < 4.78 is 31.8. The lowest BCUT2D eigenvalue weighted by Crippen LogP contribution is -2.45. The SMILES string of the molecule is Cc1cc(N2CC(C)OC(C)C2)ccc1NC(=O)NCC(C)CNS(=O)(=O)C(C)(C)C. The van der Waals surface area contributed by atoms with Gasteiger partial charge in [0.2, 0.25) is 10.0 Å². The Morgan fingerprint density at radius 1 is 1.19 bits per heavy atom. The normalized spacial score (nSPS) is 20.9. The maximum Gasteiger partial charge on any atom is 0.319 e. The quantitative estimate of drug-likeness (QED) is 0.588. The molecule has 0 radical (unpaired) electrons. The van der Waals surface area contributed by atoms with Gasteiger partial charge in [0.05, 0.1) is 17.0 Å². The third-order valence-corrected chi connectivity index (χ3v) is 7.44. The van der Waals surface area contributed by atoms with Crippen molar-refractivity contribution < 1.29 is 17.9 Å². The summed E-state index contributed by atoms with van der Waals surface area (Å²) in [6, 6.07) is 5.69. The molecule has 3 N–H and O–H groups in total. The molecule has 0 aromatic heterocycles. The van der Waals surface area contributed by atoms with Gasteiger partial charge in [0, 0.05) is 37.6 Å². The first-order valence-electron chi connectivity index (χ1n) is 10.8. The smallest absolute Gasteiger partial charge is 0.319 e. The molecule has 1 aliphatic heterocycles. The van der Waals surface area contributed by atoms with Gasteiger partial charge in [-0.15, -0.1) is 0 Å². The second-order valence-corrected chi connectivity index (χ2v) is 12.1. The van der Waals surface area contributed by atoms with Crippen LogP contribution < -0.4 is 20.3 Å². The molecule has 9 heteroatoms. The molecule has 3 atom stereocenters. The van der Waals surface area contributed by atoms with Crippen molar-refractivity contribution in [2.45, 2.75) is 65.4 Å². The summed E-state index contributed by atoms with van der Waals surface area (Å²) in [5, 5.41) is 5.69. The van der Waals surface area contributed by atoms with E-state index in [0.29, 0.717) is 6.54 Å². The van der Waals surface area contributed by atoms with Gasteiger partial charge < -0.3 is 20.3 Å². The monoisotopic (exact) mass is 454 g/mol. The lowest BCUT2D eigenvalue weighted by molar-refractivity contribution is -0.00522. The molecule has 1 aliphatic rings. The van der Waals surface area contributed by atoms with Gasteiger partial charge >= 0.3 is 6.03 Å². The minimum absolute atomic E-state index is 0.0448.